The Morgan fingerprint density at radius 3 is 3.00 bits per heavy atom. The minimum absolute atomic E-state index is 0.313. The van der Waals surface area contributed by atoms with Gasteiger partial charge in [-0.3, -0.25) is 0 Å². The van der Waals surface area contributed by atoms with Gasteiger partial charge in [0.05, 0.1) is 4.99 Å². The summed E-state index contributed by atoms with van der Waals surface area (Å²) in [7, 11) is 0. The van der Waals surface area contributed by atoms with Gasteiger partial charge in [-0.15, -0.1) is 0 Å². The highest BCUT2D eigenvalue weighted by Gasteiger charge is 2.21. The second-order valence-corrected chi connectivity index (χ2v) is 4.21. The Labute approximate surface area is 84.9 Å². The number of nitrogens with two attached hydrogens (primary N) is 1. The summed E-state index contributed by atoms with van der Waals surface area (Å²) in [5.41, 5.74) is 5.43. The van der Waals surface area contributed by atoms with Gasteiger partial charge in [0.1, 0.15) is 0 Å². The molecule has 0 aromatic carbocycles. The van der Waals surface area contributed by atoms with E-state index in [0.29, 0.717) is 17.5 Å². The van der Waals surface area contributed by atoms with Crippen LogP contribution in [0.4, 0.5) is 0 Å². The summed E-state index contributed by atoms with van der Waals surface area (Å²) in [5.74, 6) is 0.677. The van der Waals surface area contributed by atoms with E-state index in [1.807, 2.05) is 0 Å². The molecule has 0 aromatic rings. The van der Waals surface area contributed by atoms with E-state index in [2.05, 4.69) is 4.90 Å². The van der Waals surface area contributed by atoms with Crippen molar-refractivity contribution in [3.63, 3.8) is 0 Å². The van der Waals surface area contributed by atoms with Gasteiger partial charge in [0.25, 0.3) is 0 Å². The van der Waals surface area contributed by atoms with Gasteiger partial charge in [0.2, 0.25) is 0 Å². The third-order valence-electron chi connectivity index (χ3n) is 2.58. The van der Waals surface area contributed by atoms with E-state index in [0.717, 1.165) is 32.5 Å². The van der Waals surface area contributed by atoms with Crippen LogP contribution in [0.3, 0.4) is 0 Å². The zero-order chi connectivity index (χ0) is 9.68. The molecular weight excluding hydrogens is 184 g/mol. The van der Waals surface area contributed by atoms with Crippen molar-refractivity contribution in [3.05, 3.63) is 0 Å². The van der Waals surface area contributed by atoms with Crippen molar-refractivity contribution in [1.29, 1.82) is 0 Å². The number of hydrogen-bond donors (Lipinski definition) is 2. The largest absolute Gasteiger partial charge is 0.396 e. The van der Waals surface area contributed by atoms with Crippen molar-refractivity contribution in [2.24, 2.45) is 11.7 Å². The van der Waals surface area contributed by atoms with Gasteiger partial charge in [0, 0.05) is 26.1 Å². The molecule has 0 radical (unpaired) electrons. The molecule has 0 aliphatic carbocycles. The van der Waals surface area contributed by atoms with Gasteiger partial charge in [0.15, 0.2) is 0 Å². The number of aliphatic hydroxyl groups excluding tert-OH is 1. The Kier molecular flexibility index (Phi) is 4.62. The molecule has 76 valence electrons. The summed E-state index contributed by atoms with van der Waals surface area (Å²) in [6.07, 6.45) is 2.96. The first-order valence-corrected chi connectivity index (χ1v) is 5.24. The molecule has 0 saturated carbocycles. The number of nitrogens with zero attached hydrogens (tertiary/aromatic N) is 1. The second kappa shape index (κ2) is 5.52. The summed E-state index contributed by atoms with van der Waals surface area (Å²) in [4.78, 5) is 2.98. The van der Waals surface area contributed by atoms with Gasteiger partial charge in [-0.25, -0.2) is 0 Å². The van der Waals surface area contributed by atoms with Crippen LogP contribution in [0.25, 0.3) is 0 Å². The van der Waals surface area contributed by atoms with Crippen LogP contribution in [0.15, 0.2) is 0 Å². The van der Waals surface area contributed by atoms with E-state index in [4.69, 9.17) is 23.1 Å². The molecule has 13 heavy (non-hydrogen) atoms. The van der Waals surface area contributed by atoms with Crippen LogP contribution >= 0.6 is 12.2 Å². The highest BCUT2D eigenvalue weighted by molar-refractivity contribution is 7.80. The predicted octanol–water partition coefficient (Wildman–Crippen LogP) is 0.367. The number of thiocarbonyl (C=S) groups is 1. The molecule has 0 bridgehead atoms. The predicted molar refractivity (Wildman–Crippen MR) is 57.7 cm³/mol. The van der Waals surface area contributed by atoms with Crippen molar-refractivity contribution in [2.45, 2.75) is 19.3 Å². The first-order chi connectivity index (χ1) is 6.22. The fourth-order valence-corrected chi connectivity index (χ4v) is 1.89. The van der Waals surface area contributed by atoms with Crippen molar-refractivity contribution in [3.8, 4) is 0 Å². The van der Waals surface area contributed by atoms with Crippen LogP contribution in [0, 0.1) is 5.92 Å². The van der Waals surface area contributed by atoms with Crippen LogP contribution in [0.5, 0.6) is 0 Å². The minimum atomic E-state index is 0.313. The van der Waals surface area contributed by atoms with E-state index >= 15 is 0 Å². The molecule has 4 heteroatoms. The van der Waals surface area contributed by atoms with Gasteiger partial charge in [-0.05, 0) is 25.3 Å². The van der Waals surface area contributed by atoms with Crippen molar-refractivity contribution >= 4 is 17.2 Å². The molecule has 3 nitrogen and oxygen atoms in total. The van der Waals surface area contributed by atoms with E-state index in [-0.39, 0.29) is 0 Å². The van der Waals surface area contributed by atoms with Crippen molar-refractivity contribution in [1.82, 2.24) is 4.90 Å². The fraction of sp³-hybridized carbons (Fsp3) is 0.889. The quantitative estimate of drug-likeness (QED) is 0.632. The van der Waals surface area contributed by atoms with Crippen LogP contribution < -0.4 is 5.73 Å². The third kappa shape index (κ3) is 4.02. The number of aliphatic hydroxyl groups is 1. The number of hydrogen-bond acceptors (Lipinski definition) is 3. The minimum Gasteiger partial charge on any atom is -0.396 e. The number of rotatable bonds is 5. The molecule has 0 spiro atoms. The lowest BCUT2D eigenvalue weighted by Crippen LogP contribution is -2.25. The van der Waals surface area contributed by atoms with Gasteiger partial charge >= 0.3 is 0 Å². The summed E-state index contributed by atoms with van der Waals surface area (Å²) in [6, 6.07) is 0. The molecule has 1 aliphatic rings. The third-order valence-corrected chi connectivity index (χ3v) is 2.79. The molecule has 0 aromatic heterocycles. The Hall–Kier alpha value is -0.190. The van der Waals surface area contributed by atoms with Crippen LogP contribution in [0.1, 0.15) is 19.3 Å². The van der Waals surface area contributed by atoms with E-state index in [9.17, 15) is 0 Å². The summed E-state index contributed by atoms with van der Waals surface area (Å²) >= 11 is 4.82. The van der Waals surface area contributed by atoms with E-state index < -0.39 is 0 Å². The SMILES string of the molecule is NC(=S)CCN1CCC(CCO)C1. The maximum Gasteiger partial charge on any atom is 0.0740 e. The lowest BCUT2D eigenvalue weighted by atomic mass is 10.1. The average molecular weight is 202 g/mol. The molecule has 1 atom stereocenters. The molecule has 1 aliphatic heterocycles. The number of likely N-dealkylation sites (tertiary alicyclic amines) is 1. The molecule has 1 fully saturated rings. The maximum absolute atomic E-state index is 8.77. The smallest absolute Gasteiger partial charge is 0.0740 e. The maximum atomic E-state index is 8.77. The van der Waals surface area contributed by atoms with Crippen LogP contribution in [0.2, 0.25) is 0 Å². The molecule has 0 amide bonds. The molecular formula is C9H18N2OS. The zero-order valence-corrected chi connectivity index (χ0v) is 8.72. The standard InChI is InChI=1S/C9H18N2OS/c10-9(13)2-5-11-4-1-8(7-11)3-6-12/h8,12H,1-7H2,(H2,10,13). The Balaban J connectivity index is 2.13. The van der Waals surface area contributed by atoms with Crippen LogP contribution in [-0.2, 0) is 0 Å². The average Bonchev–Trinajstić information content (AvgIpc) is 2.50. The van der Waals surface area contributed by atoms with Gasteiger partial charge < -0.3 is 15.7 Å². The van der Waals surface area contributed by atoms with Gasteiger partial charge in [-0.2, -0.15) is 0 Å². The van der Waals surface area contributed by atoms with Crippen LogP contribution in [-0.4, -0.2) is 41.2 Å². The molecule has 1 unspecified atom stereocenters. The topological polar surface area (TPSA) is 49.5 Å². The first kappa shape index (κ1) is 10.9. The first-order valence-electron chi connectivity index (χ1n) is 4.84. The van der Waals surface area contributed by atoms with Crippen molar-refractivity contribution in [2.75, 3.05) is 26.2 Å². The lowest BCUT2D eigenvalue weighted by Gasteiger charge is -2.14. The molecule has 1 rings (SSSR count). The van der Waals surface area contributed by atoms with Crippen molar-refractivity contribution < 1.29 is 5.11 Å². The second-order valence-electron chi connectivity index (χ2n) is 3.68. The monoisotopic (exact) mass is 202 g/mol. The van der Waals surface area contributed by atoms with E-state index in [1.54, 1.807) is 0 Å². The fourth-order valence-electron chi connectivity index (χ4n) is 1.80. The lowest BCUT2D eigenvalue weighted by molar-refractivity contribution is 0.252. The molecule has 3 N–H and O–H groups in total. The summed E-state index contributed by atoms with van der Waals surface area (Å²) in [6.45, 7) is 3.53. The zero-order valence-electron chi connectivity index (χ0n) is 7.91. The highest BCUT2D eigenvalue weighted by Crippen LogP contribution is 2.18. The van der Waals surface area contributed by atoms with E-state index in [1.165, 1.54) is 6.42 Å². The highest BCUT2D eigenvalue weighted by atomic mass is 32.1. The Bertz CT molecular complexity index is 175. The Morgan fingerprint density at radius 2 is 2.38 bits per heavy atom. The normalized spacial score (nSPS) is 23.6. The Morgan fingerprint density at radius 1 is 1.62 bits per heavy atom. The summed E-state index contributed by atoms with van der Waals surface area (Å²) < 4.78 is 0. The molecule has 1 heterocycles. The molecule has 1 saturated heterocycles. The van der Waals surface area contributed by atoms with Gasteiger partial charge in [-0.1, -0.05) is 12.2 Å². The summed E-state index contributed by atoms with van der Waals surface area (Å²) in [5, 5.41) is 8.77.